The van der Waals surface area contributed by atoms with Crippen molar-refractivity contribution in [1.29, 1.82) is 0 Å². The molecule has 0 heterocycles. The molecule has 2 amide bonds. The van der Waals surface area contributed by atoms with E-state index in [1.54, 1.807) is 0 Å². The summed E-state index contributed by atoms with van der Waals surface area (Å²) in [5.74, 6) is -1.45. The number of carbonyl (C=O) groups excluding carboxylic acids is 2. The summed E-state index contributed by atoms with van der Waals surface area (Å²) in [4.78, 5) is 29.2. The van der Waals surface area contributed by atoms with E-state index >= 15 is 0 Å². The van der Waals surface area contributed by atoms with Crippen molar-refractivity contribution in [1.82, 2.24) is 14.5 Å². The lowest BCUT2D eigenvalue weighted by Gasteiger charge is -2.35. The average Bonchev–Trinajstić information content (AvgIpc) is 2.90. The SMILES string of the molecule is Cc1ccccc1CN(C(=O)CN(c1ccc(F)cc1)S(=O)(=O)N(C)C)[C@H](Cc1ccccc1)C(=O)NC(C)C. The van der Waals surface area contributed by atoms with Gasteiger partial charge in [-0.25, -0.2) is 8.70 Å². The van der Waals surface area contributed by atoms with Crippen LogP contribution in [0.4, 0.5) is 10.1 Å². The second kappa shape index (κ2) is 13.5. The van der Waals surface area contributed by atoms with Crippen molar-refractivity contribution in [3.8, 4) is 0 Å². The number of nitrogens with zero attached hydrogens (tertiary/aromatic N) is 3. The molecular weight excluding hydrogens is 531 g/mol. The van der Waals surface area contributed by atoms with Gasteiger partial charge in [-0.1, -0.05) is 54.6 Å². The molecule has 0 radical (unpaired) electrons. The van der Waals surface area contributed by atoms with E-state index in [9.17, 15) is 22.4 Å². The number of rotatable bonds is 12. The highest BCUT2D eigenvalue weighted by Gasteiger charge is 2.35. The third-order valence-electron chi connectivity index (χ3n) is 6.44. The largest absolute Gasteiger partial charge is 0.352 e. The van der Waals surface area contributed by atoms with Crippen molar-refractivity contribution in [2.75, 3.05) is 24.9 Å². The molecule has 0 saturated heterocycles. The first-order valence-corrected chi connectivity index (χ1v) is 14.4. The van der Waals surface area contributed by atoms with Gasteiger partial charge in [0.25, 0.3) is 0 Å². The fourth-order valence-electron chi connectivity index (χ4n) is 4.23. The predicted molar refractivity (Wildman–Crippen MR) is 155 cm³/mol. The Morgan fingerprint density at radius 1 is 0.900 bits per heavy atom. The minimum Gasteiger partial charge on any atom is -0.352 e. The second-order valence-corrected chi connectivity index (χ2v) is 12.2. The molecule has 0 spiro atoms. The van der Waals surface area contributed by atoms with Crippen LogP contribution in [0, 0.1) is 12.7 Å². The highest BCUT2D eigenvalue weighted by Crippen LogP contribution is 2.23. The van der Waals surface area contributed by atoms with Crippen LogP contribution in [0.25, 0.3) is 0 Å². The quantitative estimate of drug-likeness (QED) is 0.359. The first-order valence-electron chi connectivity index (χ1n) is 13.0. The number of halogens is 1. The molecule has 40 heavy (non-hydrogen) atoms. The molecule has 0 aliphatic heterocycles. The van der Waals surface area contributed by atoms with Crippen molar-refractivity contribution in [2.45, 2.75) is 45.8 Å². The predicted octanol–water partition coefficient (Wildman–Crippen LogP) is 3.91. The molecule has 0 unspecified atom stereocenters. The Kier molecular flexibility index (Phi) is 10.4. The molecule has 0 saturated carbocycles. The van der Waals surface area contributed by atoms with E-state index < -0.39 is 34.5 Å². The monoisotopic (exact) mass is 568 g/mol. The van der Waals surface area contributed by atoms with E-state index in [4.69, 9.17) is 0 Å². The Morgan fingerprint density at radius 2 is 1.50 bits per heavy atom. The summed E-state index contributed by atoms with van der Waals surface area (Å²) in [7, 11) is -1.43. The summed E-state index contributed by atoms with van der Waals surface area (Å²) in [6, 6.07) is 20.7. The Bertz CT molecular complexity index is 1400. The maximum Gasteiger partial charge on any atom is 0.304 e. The lowest BCUT2D eigenvalue weighted by atomic mass is 10.0. The van der Waals surface area contributed by atoms with E-state index in [1.807, 2.05) is 75.4 Å². The van der Waals surface area contributed by atoms with Crippen molar-refractivity contribution in [3.63, 3.8) is 0 Å². The van der Waals surface area contributed by atoms with Crippen molar-refractivity contribution in [2.24, 2.45) is 0 Å². The van der Waals surface area contributed by atoms with Gasteiger partial charge in [-0.3, -0.25) is 9.59 Å². The molecule has 1 N–H and O–H groups in total. The molecule has 0 fully saturated rings. The van der Waals surface area contributed by atoms with Gasteiger partial charge in [0.05, 0.1) is 5.69 Å². The molecule has 0 aromatic heterocycles. The molecule has 3 aromatic rings. The number of anilines is 1. The van der Waals surface area contributed by atoms with Crippen LogP contribution in [0.1, 0.15) is 30.5 Å². The highest BCUT2D eigenvalue weighted by molar-refractivity contribution is 7.90. The number of carbonyl (C=O) groups is 2. The van der Waals surface area contributed by atoms with Crippen LogP contribution < -0.4 is 9.62 Å². The van der Waals surface area contributed by atoms with E-state index in [1.165, 1.54) is 31.1 Å². The number of aryl methyl sites for hydroxylation is 1. The molecule has 8 nitrogen and oxygen atoms in total. The van der Waals surface area contributed by atoms with Gasteiger partial charge in [0.15, 0.2) is 0 Å². The number of benzene rings is 3. The Hall–Kier alpha value is -3.76. The first kappa shape index (κ1) is 30.8. The fraction of sp³-hybridized carbons (Fsp3) is 0.333. The van der Waals surface area contributed by atoms with Crippen molar-refractivity contribution >= 4 is 27.7 Å². The van der Waals surface area contributed by atoms with Crippen LogP contribution in [0.15, 0.2) is 78.9 Å². The van der Waals surface area contributed by atoms with Crippen LogP contribution in [-0.4, -0.2) is 62.2 Å². The average molecular weight is 569 g/mol. The van der Waals surface area contributed by atoms with E-state index in [-0.39, 0.29) is 30.6 Å². The summed E-state index contributed by atoms with van der Waals surface area (Å²) in [6.45, 7) is 5.10. The minimum atomic E-state index is -4.14. The summed E-state index contributed by atoms with van der Waals surface area (Å²) in [5, 5.41) is 2.92. The van der Waals surface area contributed by atoms with E-state index in [2.05, 4.69) is 5.32 Å². The Balaban J connectivity index is 2.10. The molecule has 1 atom stereocenters. The minimum absolute atomic E-state index is 0.0911. The third kappa shape index (κ3) is 7.89. The molecule has 3 rings (SSSR count). The molecular formula is C30H37FN4O4S. The van der Waals surface area contributed by atoms with Gasteiger partial charge < -0.3 is 10.2 Å². The first-order chi connectivity index (χ1) is 18.9. The Labute approximate surface area is 236 Å². The molecule has 0 bridgehead atoms. The summed E-state index contributed by atoms with van der Waals surface area (Å²) < 4.78 is 42.3. The maximum absolute atomic E-state index is 14.1. The van der Waals surface area contributed by atoms with Gasteiger partial charge in [0.2, 0.25) is 11.8 Å². The number of nitrogens with one attached hydrogen (secondary N) is 1. The zero-order valence-corrected chi connectivity index (χ0v) is 24.4. The summed E-state index contributed by atoms with van der Waals surface area (Å²) >= 11 is 0. The molecule has 10 heteroatoms. The lowest BCUT2D eigenvalue weighted by Crippen LogP contribution is -2.55. The standard InChI is InChI=1S/C30H37FN4O4S/c1-22(2)32-30(37)28(19-24-12-7-6-8-13-24)34(20-25-14-10-9-11-23(25)3)29(36)21-35(40(38,39)33(4)5)27-17-15-26(31)16-18-27/h6-18,22,28H,19-21H2,1-5H3,(H,32,37)/t28-/m1/s1. The Morgan fingerprint density at radius 3 is 2.08 bits per heavy atom. The molecule has 0 aliphatic rings. The van der Waals surface area contributed by atoms with E-state index in [0.717, 1.165) is 37.4 Å². The van der Waals surface area contributed by atoms with Gasteiger partial charge in [-0.2, -0.15) is 12.7 Å². The smallest absolute Gasteiger partial charge is 0.304 e. The zero-order chi connectivity index (χ0) is 29.4. The van der Waals surface area contributed by atoms with Gasteiger partial charge in [0.1, 0.15) is 18.4 Å². The second-order valence-electron chi connectivity index (χ2n) is 10.1. The van der Waals surface area contributed by atoms with Crippen LogP contribution >= 0.6 is 0 Å². The number of amides is 2. The summed E-state index contributed by atoms with van der Waals surface area (Å²) in [5.41, 5.74) is 2.74. The van der Waals surface area contributed by atoms with Crippen molar-refractivity contribution < 1.29 is 22.4 Å². The summed E-state index contributed by atoms with van der Waals surface area (Å²) in [6.07, 6.45) is 0.230. The molecule has 214 valence electrons. The topological polar surface area (TPSA) is 90.0 Å². The van der Waals surface area contributed by atoms with Gasteiger partial charge in [-0.15, -0.1) is 0 Å². The van der Waals surface area contributed by atoms with E-state index in [0.29, 0.717) is 0 Å². The highest BCUT2D eigenvalue weighted by atomic mass is 32.2. The zero-order valence-electron chi connectivity index (χ0n) is 23.5. The van der Waals surface area contributed by atoms with Crippen LogP contribution in [0.2, 0.25) is 0 Å². The number of hydrogen-bond acceptors (Lipinski definition) is 4. The van der Waals surface area contributed by atoms with Gasteiger partial charge in [-0.05, 0) is 61.7 Å². The maximum atomic E-state index is 14.1. The van der Waals surface area contributed by atoms with Gasteiger partial charge >= 0.3 is 10.2 Å². The lowest BCUT2D eigenvalue weighted by molar-refractivity contribution is -0.140. The normalized spacial score (nSPS) is 12.3. The van der Waals surface area contributed by atoms with Crippen LogP contribution in [-0.2, 0) is 32.8 Å². The van der Waals surface area contributed by atoms with Crippen molar-refractivity contribution in [3.05, 3.63) is 101 Å². The van der Waals surface area contributed by atoms with Crippen LogP contribution in [0.3, 0.4) is 0 Å². The third-order valence-corrected chi connectivity index (χ3v) is 8.26. The molecule has 0 aliphatic carbocycles. The van der Waals surface area contributed by atoms with Crippen LogP contribution in [0.5, 0.6) is 0 Å². The van der Waals surface area contributed by atoms with Gasteiger partial charge in [0, 0.05) is 33.1 Å². The fourth-order valence-corrected chi connectivity index (χ4v) is 5.29. The number of hydrogen-bond donors (Lipinski definition) is 1. The molecule has 3 aromatic carbocycles.